The van der Waals surface area contributed by atoms with Gasteiger partial charge in [-0.15, -0.1) is 0 Å². The zero-order valence-electron chi connectivity index (χ0n) is 12.5. The van der Waals surface area contributed by atoms with Crippen LogP contribution < -0.4 is 0 Å². The molecule has 0 saturated heterocycles. The van der Waals surface area contributed by atoms with Gasteiger partial charge >= 0.3 is 0 Å². The molecule has 1 atom stereocenters. The summed E-state index contributed by atoms with van der Waals surface area (Å²) in [6.45, 7) is 6.79. The summed E-state index contributed by atoms with van der Waals surface area (Å²) in [5.41, 5.74) is 2.93. The number of benzene rings is 1. The van der Waals surface area contributed by atoms with E-state index in [1.165, 1.54) is 62.5 Å². The van der Waals surface area contributed by atoms with Crippen LogP contribution >= 0.6 is 0 Å². The topological polar surface area (TPSA) is 0 Å². The first-order chi connectivity index (χ1) is 8.76. The van der Waals surface area contributed by atoms with Crippen molar-refractivity contribution >= 4 is 0 Å². The quantitative estimate of drug-likeness (QED) is 0.474. The Morgan fingerprint density at radius 2 is 1.67 bits per heavy atom. The molecule has 0 fully saturated rings. The molecule has 0 spiro atoms. The van der Waals surface area contributed by atoms with E-state index in [4.69, 9.17) is 0 Å². The molecular formula is C18H30. The lowest BCUT2D eigenvalue weighted by Gasteiger charge is -2.17. The van der Waals surface area contributed by atoms with Gasteiger partial charge in [0.15, 0.2) is 0 Å². The highest BCUT2D eigenvalue weighted by Gasteiger charge is 2.09. The zero-order chi connectivity index (χ0) is 13.2. The SMILES string of the molecule is CCCCCC(CCCC)Cc1cccc(C)c1. The summed E-state index contributed by atoms with van der Waals surface area (Å²) in [7, 11) is 0. The maximum atomic E-state index is 2.36. The van der Waals surface area contributed by atoms with Gasteiger partial charge in [-0.2, -0.15) is 0 Å². The second-order valence-electron chi connectivity index (χ2n) is 5.70. The third-order valence-corrected chi connectivity index (χ3v) is 3.79. The molecule has 1 aromatic carbocycles. The highest BCUT2D eigenvalue weighted by atomic mass is 14.1. The van der Waals surface area contributed by atoms with E-state index in [2.05, 4.69) is 45.0 Å². The molecule has 0 radical (unpaired) electrons. The summed E-state index contributed by atoms with van der Waals surface area (Å²) >= 11 is 0. The fourth-order valence-electron chi connectivity index (χ4n) is 2.70. The van der Waals surface area contributed by atoms with Crippen LogP contribution in [0.5, 0.6) is 0 Å². The number of hydrogen-bond acceptors (Lipinski definition) is 0. The Kier molecular flexibility index (Phi) is 7.80. The minimum absolute atomic E-state index is 0.901. The van der Waals surface area contributed by atoms with Gasteiger partial charge in [0.25, 0.3) is 0 Å². The van der Waals surface area contributed by atoms with Crippen molar-refractivity contribution in [2.24, 2.45) is 5.92 Å². The van der Waals surface area contributed by atoms with Crippen LogP contribution in [0.2, 0.25) is 0 Å². The molecule has 0 heteroatoms. The van der Waals surface area contributed by atoms with Gasteiger partial charge in [-0.1, -0.05) is 88.6 Å². The molecule has 0 bridgehead atoms. The van der Waals surface area contributed by atoms with Crippen LogP contribution in [0, 0.1) is 12.8 Å². The fourth-order valence-corrected chi connectivity index (χ4v) is 2.70. The smallest absolute Gasteiger partial charge is 0.0250 e. The van der Waals surface area contributed by atoms with Crippen LogP contribution in [0.3, 0.4) is 0 Å². The Labute approximate surface area is 114 Å². The third kappa shape index (κ3) is 6.23. The van der Waals surface area contributed by atoms with Gasteiger partial charge in [0.2, 0.25) is 0 Å². The molecular weight excluding hydrogens is 216 g/mol. The highest BCUT2D eigenvalue weighted by Crippen LogP contribution is 2.22. The number of rotatable bonds is 9. The molecule has 0 aliphatic carbocycles. The third-order valence-electron chi connectivity index (χ3n) is 3.79. The van der Waals surface area contributed by atoms with Crippen molar-refractivity contribution in [1.29, 1.82) is 0 Å². The van der Waals surface area contributed by atoms with E-state index in [9.17, 15) is 0 Å². The van der Waals surface area contributed by atoms with Gasteiger partial charge in [0, 0.05) is 0 Å². The first-order valence-electron chi connectivity index (χ1n) is 7.81. The maximum absolute atomic E-state index is 2.36. The van der Waals surface area contributed by atoms with Crippen LogP contribution in [-0.2, 0) is 6.42 Å². The summed E-state index contributed by atoms with van der Waals surface area (Å²) < 4.78 is 0. The molecule has 1 aromatic rings. The normalized spacial score (nSPS) is 12.6. The Morgan fingerprint density at radius 3 is 2.33 bits per heavy atom. The van der Waals surface area contributed by atoms with E-state index in [1.54, 1.807) is 0 Å². The van der Waals surface area contributed by atoms with Crippen molar-refractivity contribution in [3.8, 4) is 0 Å². The van der Waals surface area contributed by atoms with Crippen molar-refractivity contribution in [3.05, 3.63) is 35.4 Å². The molecule has 0 aromatic heterocycles. The molecule has 0 nitrogen and oxygen atoms in total. The summed E-state index contributed by atoms with van der Waals surface area (Å²) in [6.07, 6.45) is 11.0. The lowest BCUT2D eigenvalue weighted by molar-refractivity contribution is 0.412. The summed E-state index contributed by atoms with van der Waals surface area (Å²) in [4.78, 5) is 0. The molecule has 0 amide bonds. The monoisotopic (exact) mass is 246 g/mol. The number of aryl methyl sites for hydroxylation is 1. The van der Waals surface area contributed by atoms with Gasteiger partial charge in [0.1, 0.15) is 0 Å². The van der Waals surface area contributed by atoms with Crippen LogP contribution in [-0.4, -0.2) is 0 Å². The minimum Gasteiger partial charge on any atom is -0.0654 e. The van der Waals surface area contributed by atoms with Crippen LogP contribution in [0.4, 0.5) is 0 Å². The van der Waals surface area contributed by atoms with Crippen molar-refractivity contribution in [3.63, 3.8) is 0 Å². The van der Waals surface area contributed by atoms with Gasteiger partial charge < -0.3 is 0 Å². The van der Waals surface area contributed by atoms with E-state index in [-0.39, 0.29) is 0 Å². The van der Waals surface area contributed by atoms with E-state index in [0.29, 0.717) is 0 Å². The Hall–Kier alpha value is -0.780. The van der Waals surface area contributed by atoms with Crippen LogP contribution in [0.15, 0.2) is 24.3 Å². The molecule has 0 heterocycles. The molecule has 102 valence electrons. The average Bonchev–Trinajstić information content (AvgIpc) is 2.36. The number of hydrogen-bond donors (Lipinski definition) is 0. The average molecular weight is 246 g/mol. The predicted molar refractivity (Wildman–Crippen MR) is 82.0 cm³/mol. The van der Waals surface area contributed by atoms with E-state index >= 15 is 0 Å². The largest absolute Gasteiger partial charge is 0.0654 e. The summed E-state index contributed by atoms with van der Waals surface area (Å²) in [5, 5.41) is 0. The van der Waals surface area contributed by atoms with E-state index < -0.39 is 0 Å². The molecule has 1 rings (SSSR count). The van der Waals surface area contributed by atoms with Crippen molar-refractivity contribution in [2.45, 2.75) is 72.1 Å². The van der Waals surface area contributed by atoms with Gasteiger partial charge in [-0.05, 0) is 24.8 Å². The van der Waals surface area contributed by atoms with Gasteiger partial charge in [-0.3, -0.25) is 0 Å². The summed E-state index contributed by atoms with van der Waals surface area (Å²) in [6, 6.07) is 9.06. The molecule has 0 aliphatic rings. The lowest BCUT2D eigenvalue weighted by atomic mass is 9.89. The van der Waals surface area contributed by atoms with E-state index in [1.807, 2.05) is 0 Å². The highest BCUT2D eigenvalue weighted by molar-refractivity contribution is 5.22. The molecule has 0 aliphatic heterocycles. The lowest BCUT2D eigenvalue weighted by Crippen LogP contribution is -2.05. The van der Waals surface area contributed by atoms with E-state index in [0.717, 1.165) is 5.92 Å². The number of unbranched alkanes of at least 4 members (excludes halogenated alkanes) is 3. The molecule has 0 saturated carbocycles. The van der Waals surface area contributed by atoms with Crippen molar-refractivity contribution in [1.82, 2.24) is 0 Å². The van der Waals surface area contributed by atoms with Crippen molar-refractivity contribution < 1.29 is 0 Å². The Bertz CT molecular complexity index is 314. The first-order valence-corrected chi connectivity index (χ1v) is 7.81. The fraction of sp³-hybridized carbons (Fsp3) is 0.667. The molecule has 0 N–H and O–H groups in total. The minimum atomic E-state index is 0.901. The predicted octanol–water partition coefficient (Wildman–Crippen LogP) is 5.92. The van der Waals surface area contributed by atoms with Crippen molar-refractivity contribution in [2.75, 3.05) is 0 Å². The molecule has 18 heavy (non-hydrogen) atoms. The molecule has 1 unspecified atom stereocenters. The van der Waals surface area contributed by atoms with Gasteiger partial charge in [0.05, 0.1) is 0 Å². The summed E-state index contributed by atoms with van der Waals surface area (Å²) in [5.74, 6) is 0.901. The van der Waals surface area contributed by atoms with Gasteiger partial charge in [-0.25, -0.2) is 0 Å². The van der Waals surface area contributed by atoms with Crippen LogP contribution in [0.1, 0.15) is 69.9 Å². The second kappa shape index (κ2) is 9.19. The van der Waals surface area contributed by atoms with Crippen LogP contribution in [0.25, 0.3) is 0 Å². The first kappa shape index (κ1) is 15.3. The Balaban J connectivity index is 2.48. The zero-order valence-corrected chi connectivity index (χ0v) is 12.5. The maximum Gasteiger partial charge on any atom is -0.0250 e. The second-order valence-corrected chi connectivity index (χ2v) is 5.70. The Morgan fingerprint density at radius 1 is 0.944 bits per heavy atom. The standard InChI is InChI=1S/C18H30/c1-4-6-8-12-17(11-7-5-2)15-18-13-9-10-16(3)14-18/h9-10,13-14,17H,4-8,11-12,15H2,1-3H3.